The first kappa shape index (κ1) is 5.82. The fourth-order valence-electron chi connectivity index (χ4n) is 0.552. The highest BCUT2D eigenvalue weighted by Crippen LogP contribution is 2.14. The predicted molar refractivity (Wildman–Crippen MR) is 35.2 cm³/mol. The normalized spacial score (nSPS) is 18.4. The number of carbonyl (C=O) groups excluding carboxylic acids is 1. The summed E-state index contributed by atoms with van der Waals surface area (Å²) in [4.78, 5) is 10.5. The number of carbonyl (C=O) groups is 1. The summed E-state index contributed by atoms with van der Waals surface area (Å²) >= 11 is 1.48. The van der Waals surface area contributed by atoms with Crippen LogP contribution in [0.1, 0.15) is 13.3 Å². The Morgan fingerprint density at radius 3 is 2.88 bits per heavy atom. The van der Waals surface area contributed by atoms with E-state index in [0.717, 1.165) is 17.9 Å². The fraction of sp³-hybridized carbons (Fsp3) is 0.600. The molecule has 1 aliphatic heterocycles. The van der Waals surface area contributed by atoms with E-state index >= 15 is 0 Å². The number of hydrogen-bond acceptors (Lipinski definition) is 3. The molecule has 0 aliphatic carbocycles. The molecule has 2 nitrogen and oxygen atoms in total. The molecule has 0 amide bonds. The van der Waals surface area contributed by atoms with Gasteiger partial charge in [0.15, 0.2) is 5.78 Å². The minimum atomic E-state index is 0.120. The molecule has 1 rings (SSSR count). The number of rotatable bonds is 1. The van der Waals surface area contributed by atoms with Crippen molar-refractivity contribution in [2.45, 2.75) is 13.3 Å². The molecule has 3 heteroatoms. The number of nitrogens with zero attached hydrogens (tertiary/aromatic N) is 1. The molecule has 0 saturated carbocycles. The van der Waals surface area contributed by atoms with Crippen molar-refractivity contribution in [3.8, 4) is 0 Å². The van der Waals surface area contributed by atoms with Crippen LogP contribution < -0.4 is 0 Å². The highest BCUT2D eigenvalue weighted by molar-refractivity contribution is 7.98. The molecule has 0 atom stereocenters. The first-order valence-corrected chi connectivity index (χ1v) is 3.45. The van der Waals surface area contributed by atoms with Gasteiger partial charge in [0.25, 0.3) is 0 Å². The van der Waals surface area contributed by atoms with Gasteiger partial charge in [0.2, 0.25) is 0 Å². The van der Waals surface area contributed by atoms with Gasteiger partial charge >= 0.3 is 0 Å². The average molecular weight is 129 g/mol. The summed E-state index contributed by atoms with van der Waals surface area (Å²) in [7, 11) is 0. The third-order valence-electron chi connectivity index (χ3n) is 1.01. The SMILES string of the molecule is CC(=O)C1=NSCC1. The van der Waals surface area contributed by atoms with E-state index in [1.54, 1.807) is 6.92 Å². The molecule has 1 heterocycles. The Hall–Kier alpha value is -0.310. The van der Waals surface area contributed by atoms with Crippen molar-refractivity contribution in [1.82, 2.24) is 0 Å². The average Bonchev–Trinajstić information content (AvgIpc) is 2.12. The van der Waals surface area contributed by atoms with E-state index in [2.05, 4.69) is 4.40 Å². The zero-order chi connectivity index (χ0) is 5.98. The number of ketones is 1. The summed E-state index contributed by atoms with van der Waals surface area (Å²) in [6, 6.07) is 0. The standard InChI is InChI=1S/C5H7NOS/c1-4(7)5-2-3-8-6-5/h2-3H2,1H3. The zero-order valence-corrected chi connectivity index (χ0v) is 5.49. The second-order valence-corrected chi connectivity index (χ2v) is 2.53. The van der Waals surface area contributed by atoms with Gasteiger partial charge in [-0.05, 0) is 11.9 Å². The lowest BCUT2D eigenvalue weighted by molar-refractivity contribution is -0.111. The van der Waals surface area contributed by atoms with Crippen LogP contribution in [0.15, 0.2) is 4.40 Å². The first-order chi connectivity index (χ1) is 3.80. The molecule has 0 radical (unpaired) electrons. The second kappa shape index (κ2) is 2.31. The van der Waals surface area contributed by atoms with Crippen molar-refractivity contribution < 1.29 is 4.79 Å². The summed E-state index contributed by atoms with van der Waals surface area (Å²) in [5, 5.41) is 0. The van der Waals surface area contributed by atoms with Crippen LogP contribution >= 0.6 is 11.9 Å². The third kappa shape index (κ3) is 1.10. The van der Waals surface area contributed by atoms with E-state index in [1.807, 2.05) is 0 Å². The van der Waals surface area contributed by atoms with Crippen molar-refractivity contribution in [3.63, 3.8) is 0 Å². The Morgan fingerprint density at radius 1 is 1.88 bits per heavy atom. The van der Waals surface area contributed by atoms with Crippen molar-refractivity contribution in [1.29, 1.82) is 0 Å². The van der Waals surface area contributed by atoms with Crippen LogP contribution in [0.3, 0.4) is 0 Å². The van der Waals surface area contributed by atoms with Gasteiger partial charge in [-0.1, -0.05) is 0 Å². The van der Waals surface area contributed by atoms with Crippen molar-refractivity contribution in [2.24, 2.45) is 4.40 Å². The largest absolute Gasteiger partial charge is 0.293 e. The minimum absolute atomic E-state index is 0.120. The van der Waals surface area contributed by atoms with Gasteiger partial charge in [-0.25, -0.2) is 4.40 Å². The molecule has 0 aromatic rings. The molecule has 0 fully saturated rings. The van der Waals surface area contributed by atoms with Gasteiger partial charge in [-0.15, -0.1) is 0 Å². The molecule has 0 saturated heterocycles. The maximum atomic E-state index is 10.5. The van der Waals surface area contributed by atoms with Crippen LogP contribution in [0.4, 0.5) is 0 Å². The Bertz CT molecular complexity index is 141. The Kier molecular flexibility index (Phi) is 1.68. The van der Waals surface area contributed by atoms with Gasteiger partial charge in [-0.3, -0.25) is 4.79 Å². The highest BCUT2D eigenvalue weighted by Gasteiger charge is 2.10. The minimum Gasteiger partial charge on any atom is -0.293 e. The van der Waals surface area contributed by atoms with Crippen LogP contribution in [-0.2, 0) is 4.79 Å². The molecule has 1 aliphatic rings. The zero-order valence-electron chi connectivity index (χ0n) is 4.68. The third-order valence-corrected chi connectivity index (χ3v) is 1.75. The van der Waals surface area contributed by atoms with E-state index in [9.17, 15) is 4.79 Å². The van der Waals surface area contributed by atoms with Crippen LogP contribution in [0.2, 0.25) is 0 Å². The summed E-state index contributed by atoms with van der Waals surface area (Å²) in [5.74, 6) is 1.10. The fourth-order valence-corrected chi connectivity index (χ4v) is 1.30. The summed E-state index contributed by atoms with van der Waals surface area (Å²) in [5.41, 5.74) is 0.745. The number of Topliss-reactive ketones (excluding diaryl/α,β-unsaturated/α-hetero) is 1. The van der Waals surface area contributed by atoms with Gasteiger partial charge < -0.3 is 0 Å². The Morgan fingerprint density at radius 2 is 2.62 bits per heavy atom. The molecular weight excluding hydrogens is 122 g/mol. The molecule has 8 heavy (non-hydrogen) atoms. The van der Waals surface area contributed by atoms with Crippen LogP contribution in [-0.4, -0.2) is 17.2 Å². The molecule has 0 aromatic carbocycles. The lowest BCUT2D eigenvalue weighted by atomic mass is 10.2. The predicted octanol–water partition coefficient (Wildman–Crippen LogP) is 1.07. The van der Waals surface area contributed by atoms with Crippen LogP contribution in [0.5, 0.6) is 0 Å². The van der Waals surface area contributed by atoms with Gasteiger partial charge in [-0.2, -0.15) is 0 Å². The smallest absolute Gasteiger partial charge is 0.174 e. The van der Waals surface area contributed by atoms with Crippen molar-refractivity contribution in [3.05, 3.63) is 0 Å². The molecule has 0 bridgehead atoms. The van der Waals surface area contributed by atoms with Gasteiger partial charge in [0.1, 0.15) is 0 Å². The lowest BCUT2D eigenvalue weighted by Gasteiger charge is -1.84. The van der Waals surface area contributed by atoms with E-state index in [4.69, 9.17) is 0 Å². The van der Waals surface area contributed by atoms with E-state index in [-0.39, 0.29) is 5.78 Å². The second-order valence-electron chi connectivity index (χ2n) is 1.68. The van der Waals surface area contributed by atoms with Crippen LogP contribution in [0, 0.1) is 0 Å². The van der Waals surface area contributed by atoms with E-state index in [0.29, 0.717) is 0 Å². The molecule has 44 valence electrons. The Labute approximate surface area is 52.5 Å². The van der Waals surface area contributed by atoms with E-state index in [1.165, 1.54) is 11.9 Å². The maximum Gasteiger partial charge on any atom is 0.174 e. The maximum absolute atomic E-state index is 10.5. The molecule has 0 aromatic heterocycles. The highest BCUT2D eigenvalue weighted by atomic mass is 32.2. The van der Waals surface area contributed by atoms with Crippen molar-refractivity contribution >= 4 is 23.4 Å². The summed E-state index contributed by atoms with van der Waals surface area (Å²) < 4.78 is 3.92. The van der Waals surface area contributed by atoms with Crippen LogP contribution in [0.25, 0.3) is 0 Å². The lowest BCUT2D eigenvalue weighted by Crippen LogP contribution is -2.05. The first-order valence-electron chi connectivity index (χ1n) is 2.50. The summed E-state index contributed by atoms with van der Waals surface area (Å²) in [6.45, 7) is 1.56. The van der Waals surface area contributed by atoms with Gasteiger partial charge in [0, 0.05) is 19.1 Å². The Balaban J connectivity index is 2.57. The quantitative estimate of drug-likeness (QED) is 0.495. The van der Waals surface area contributed by atoms with Crippen molar-refractivity contribution in [2.75, 3.05) is 5.75 Å². The molecule has 0 unspecified atom stereocenters. The molecular formula is C5H7NOS. The molecule has 0 spiro atoms. The topological polar surface area (TPSA) is 29.4 Å². The molecule has 0 N–H and O–H groups in total. The number of hydrogen-bond donors (Lipinski definition) is 0. The van der Waals surface area contributed by atoms with E-state index < -0.39 is 0 Å². The monoisotopic (exact) mass is 129 g/mol. The van der Waals surface area contributed by atoms with Gasteiger partial charge in [0.05, 0.1) is 5.71 Å². The summed E-state index contributed by atoms with van der Waals surface area (Å²) in [6.07, 6.45) is 0.861.